The van der Waals surface area contributed by atoms with Gasteiger partial charge in [0.2, 0.25) is 0 Å². The Bertz CT molecular complexity index is 1070. The number of fused-ring (bicyclic) bond motifs is 1. The molecule has 2 aromatic heterocycles. The summed E-state index contributed by atoms with van der Waals surface area (Å²) in [7, 11) is -1.52. The Hall–Kier alpha value is -1.75. The van der Waals surface area contributed by atoms with Gasteiger partial charge in [0.15, 0.2) is 5.67 Å². The maximum Gasteiger partial charge on any atom is 0.352 e. The number of carbonyl (C=O) groups is 1. The molecular formula is C20H24F2N4O2S2. The smallest absolute Gasteiger partial charge is 0.352 e. The molecule has 2 aliphatic carbocycles. The first-order chi connectivity index (χ1) is 14.0. The number of anilines is 1. The van der Waals surface area contributed by atoms with Crippen LogP contribution in [0.25, 0.3) is 0 Å². The zero-order valence-electron chi connectivity index (χ0n) is 17.0. The van der Waals surface area contributed by atoms with Crippen LogP contribution in [0, 0.1) is 12.7 Å². The Morgan fingerprint density at radius 3 is 2.73 bits per heavy atom. The van der Waals surface area contributed by atoms with Gasteiger partial charge >= 0.3 is 6.03 Å². The maximum atomic E-state index is 14.8. The lowest BCUT2D eigenvalue weighted by Crippen LogP contribution is -2.17. The second-order valence-corrected chi connectivity index (χ2v) is 10.9. The van der Waals surface area contributed by atoms with Crippen molar-refractivity contribution < 1.29 is 18.7 Å². The van der Waals surface area contributed by atoms with Gasteiger partial charge in [-0.05, 0) is 70.1 Å². The van der Waals surface area contributed by atoms with E-state index in [4.69, 9.17) is 5.14 Å². The molecule has 0 radical (unpaired) electrons. The number of thiophene rings is 1. The van der Waals surface area contributed by atoms with Crippen molar-refractivity contribution in [2.75, 3.05) is 5.32 Å². The van der Waals surface area contributed by atoms with Crippen molar-refractivity contribution in [3.63, 3.8) is 0 Å². The molecule has 2 heterocycles. The first-order valence-corrected chi connectivity index (χ1v) is 11.8. The fourth-order valence-electron chi connectivity index (χ4n) is 3.69. The van der Waals surface area contributed by atoms with Gasteiger partial charge in [-0.25, -0.2) is 13.6 Å². The molecule has 2 aromatic rings. The number of aryl methyl sites for hydroxylation is 1. The van der Waals surface area contributed by atoms with Gasteiger partial charge in [-0.1, -0.05) is 0 Å². The number of nitrogens with one attached hydrogen (secondary N) is 1. The average Bonchev–Trinajstić information content (AvgIpc) is 3.05. The number of urea groups is 1. The summed E-state index contributed by atoms with van der Waals surface area (Å²) in [5.74, 6) is -0.601. The number of alkyl halides is 1. The molecule has 4 N–H and O–H groups in total. The molecular weight excluding hydrogens is 430 g/mol. The number of halogens is 2. The average molecular weight is 455 g/mol. The minimum Gasteiger partial charge on any atom is -0.385 e. The van der Waals surface area contributed by atoms with E-state index in [1.54, 1.807) is 20.8 Å². The van der Waals surface area contributed by atoms with Gasteiger partial charge in [0.25, 0.3) is 0 Å². The number of nitrogens with two attached hydrogens (primary N) is 1. The Morgan fingerprint density at radius 1 is 1.43 bits per heavy atom. The zero-order valence-corrected chi connectivity index (χ0v) is 18.6. The number of rotatable bonds is 4. The van der Waals surface area contributed by atoms with Crippen LogP contribution in [-0.2, 0) is 35.0 Å². The second-order valence-electron chi connectivity index (χ2n) is 8.35. The van der Waals surface area contributed by atoms with Crippen molar-refractivity contribution in [2.45, 2.75) is 68.4 Å². The van der Waals surface area contributed by atoms with Gasteiger partial charge < -0.3 is 10.4 Å². The first kappa shape index (κ1) is 21.5. The molecule has 162 valence electrons. The van der Waals surface area contributed by atoms with E-state index >= 15 is 0 Å². The summed E-state index contributed by atoms with van der Waals surface area (Å²) >= 11 is 0.989. The van der Waals surface area contributed by atoms with E-state index in [1.807, 2.05) is 0 Å². The van der Waals surface area contributed by atoms with E-state index in [2.05, 4.69) is 14.7 Å². The molecule has 30 heavy (non-hydrogen) atoms. The largest absolute Gasteiger partial charge is 0.385 e. The Kier molecular flexibility index (Phi) is 5.32. The van der Waals surface area contributed by atoms with Crippen molar-refractivity contribution in [2.24, 2.45) is 9.50 Å². The third kappa shape index (κ3) is 3.93. The number of hydrogen-bond donors (Lipinski definition) is 3. The Balaban J connectivity index is 1.64. The normalized spacial score (nSPS) is 18.4. The van der Waals surface area contributed by atoms with Gasteiger partial charge in [-0.2, -0.15) is 4.36 Å². The number of aromatic nitrogens is 1. The number of hydrogen-bond acceptors (Lipinski definition) is 4. The van der Waals surface area contributed by atoms with Gasteiger partial charge in [0.1, 0.15) is 10.0 Å². The number of amides is 2. The van der Waals surface area contributed by atoms with E-state index < -0.39 is 34.0 Å². The summed E-state index contributed by atoms with van der Waals surface area (Å²) in [5, 5.41) is 18.8. The molecule has 1 fully saturated rings. The molecule has 0 spiro atoms. The fraction of sp³-hybridized carbons (Fsp3) is 0.500. The molecule has 1 atom stereocenters. The highest BCUT2D eigenvalue weighted by Gasteiger charge is 2.48. The van der Waals surface area contributed by atoms with Crippen molar-refractivity contribution in [3.05, 3.63) is 39.3 Å². The van der Waals surface area contributed by atoms with Crippen LogP contribution >= 0.6 is 11.3 Å². The van der Waals surface area contributed by atoms with Crippen LogP contribution in [-0.4, -0.2) is 16.1 Å². The standard InChI is InChI=1S/C20H24F2N4O2S2/c1-10-15(11-5-4-6-13(11)24-16(10)20(22)7-8-20)25-18(27)26-30(23)17-12(21)9-14(29-17)19(2,3)28/h9,28H,4-8H2,1-3H3,(H3,23,24,25,26,27). The molecule has 10 heteroatoms. The molecule has 1 saturated carbocycles. The molecule has 1 unspecified atom stereocenters. The number of carbonyl (C=O) groups excluding carboxylic acids is 1. The highest BCUT2D eigenvalue weighted by molar-refractivity contribution is 7.87. The topological polar surface area (TPSA) is 101 Å². The highest BCUT2D eigenvalue weighted by atomic mass is 32.2. The molecule has 2 aliphatic rings. The predicted octanol–water partition coefficient (Wildman–Crippen LogP) is 4.53. The minimum absolute atomic E-state index is 0.0975. The summed E-state index contributed by atoms with van der Waals surface area (Å²) in [6.07, 6.45) is 3.27. The van der Waals surface area contributed by atoms with Gasteiger partial charge in [0.05, 0.1) is 17.0 Å². The van der Waals surface area contributed by atoms with E-state index in [9.17, 15) is 18.7 Å². The third-order valence-corrected chi connectivity index (χ3v) is 8.36. The predicted molar refractivity (Wildman–Crippen MR) is 114 cm³/mol. The lowest BCUT2D eigenvalue weighted by molar-refractivity contribution is 0.0823. The van der Waals surface area contributed by atoms with Crippen LogP contribution in [0.5, 0.6) is 0 Å². The molecule has 2 amide bonds. The van der Waals surface area contributed by atoms with Crippen molar-refractivity contribution >= 4 is 33.9 Å². The quantitative estimate of drug-likeness (QED) is 0.632. The van der Waals surface area contributed by atoms with Gasteiger partial charge in [-0.3, -0.25) is 10.1 Å². The lowest BCUT2D eigenvalue weighted by Gasteiger charge is -2.17. The van der Waals surface area contributed by atoms with Crippen molar-refractivity contribution in [1.82, 2.24) is 4.98 Å². The zero-order chi connectivity index (χ0) is 21.8. The summed E-state index contributed by atoms with van der Waals surface area (Å²) in [4.78, 5) is 17.6. The van der Waals surface area contributed by atoms with Crippen LogP contribution in [0.2, 0.25) is 0 Å². The minimum atomic E-state index is -1.52. The van der Waals surface area contributed by atoms with E-state index in [-0.39, 0.29) is 4.21 Å². The maximum absolute atomic E-state index is 14.8. The van der Waals surface area contributed by atoms with Crippen LogP contribution in [0.1, 0.15) is 60.5 Å². The summed E-state index contributed by atoms with van der Waals surface area (Å²) < 4.78 is 33.1. The highest BCUT2D eigenvalue weighted by Crippen LogP contribution is 2.51. The molecule has 0 aliphatic heterocycles. The molecule has 0 bridgehead atoms. The summed E-state index contributed by atoms with van der Waals surface area (Å²) in [6.45, 7) is 4.85. The molecule has 0 aromatic carbocycles. The number of aliphatic hydroxyl groups is 1. The van der Waals surface area contributed by atoms with Crippen molar-refractivity contribution in [3.8, 4) is 0 Å². The third-order valence-electron chi connectivity index (χ3n) is 5.44. The summed E-state index contributed by atoms with van der Waals surface area (Å²) in [5.41, 5.74) is 0.655. The Morgan fingerprint density at radius 2 is 2.13 bits per heavy atom. The second kappa shape index (κ2) is 7.44. The fourth-order valence-corrected chi connectivity index (χ4v) is 5.75. The van der Waals surface area contributed by atoms with Gasteiger partial charge in [-0.15, -0.1) is 11.3 Å². The Labute approximate surface area is 180 Å². The number of nitrogens with zero attached hydrogens (tertiary/aromatic N) is 2. The monoisotopic (exact) mass is 454 g/mol. The van der Waals surface area contributed by atoms with Crippen molar-refractivity contribution in [1.29, 1.82) is 0 Å². The summed E-state index contributed by atoms with van der Waals surface area (Å²) in [6, 6.07) is 0.500. The van der Waals surface area contributed by atoms with Crippen LogP contribution < -0.4 is 10.5 Å². The van der Waals surface area contributed by atoms with Crippen LogP contribution in [0.3, 0.4) is 0 Å². The van der Waals surface area contributed by atoms with E-state index in [0.29, 0.717) is 34.7 Å². The van der Waals surface area contributed by atoms with E-state index in [1.165, 1.54) is 6.07 Å². The number of pyridine rings is 1. The molecule has 6 nitrogen and oxygen atoms in total. The molecule has 0 saturated heterocycles. The van der Waals surface area contributed by atoms with Crippen LogP contribution in [0.4, 0.5) is 19.3 Å². The first-order valence-electron chi connectivity index (χ1n) is 9.75. The van der Waals surface area contributed by atoms with Crippen LogP contribution in [0.15, 0.2) is 14.6 Å². The molecule has 4 rings (SSSR count). The van der Waals surface area contributed by atoms with E-state index in [0.717, 1.165) is 41.9 Å². The lowest BCUT2D eigenvalue weighted by atomic mass is 10.0. The SMILES string of the molecule is Cc1c(C2(F)CC2)nc2c(c1NC(=O)N=S(N)c1sc(C(C)(C)O)cc1F)CCC2. The van der Waals surface area contributed by atoms with Gasteiger partial charge in [0, 0.05) is 21.4 Å².